The van der Waals surface area contributed by atoms with Gasteiger partial charge in [-0.15, -0.1) is 0 Å². The minimum absolute atomic E-state index is 0.100. The second-order valence-corrected chi connectivity index (χ2v) is 5.95. The molecule has 5 nitrogen and oxygen atoms in total. The van der Waals surface area contributed by atoms with E-state index in [0.717, 1.165) is 24.5 Å². The molecule has 0 radical (unpaired) electrons. The van der Waals surface area contributed by atoms with Gasteiger partial charge in [0.05, 0.1) is 0 Å². The number of hydrogen-bond acceptors (Lipinski definition) is 6. The van der Waals surface area contributed by atoms with E-state index in [2.05, 4.69) is 15.6 Å². The maximum Gasteiger partial charge on any atom is 0.265 e. The zero-order valence-corrected chi connectivity index (χ0v) is 11.3. The maximum atomic E-state index is 12.0. The van der Waals surface area contributed by atoms with Crippen molar-refractivity contribution in [1.82, 2.24) is 10.3 Å². The van der Waals surface area contributed by atoms with Crippen LogP contribution in [0, 0.1) is 0 Å². The van der Waals surface area contributed by atoms with Crippen molar-refractivity contribution in [2.75, 3.05) is 29.1 Å². The van der Waals surface area contributed by atoms with Gasteiger partial charge in [0.25, 0.3) is 5.91 Å². The topological polar surface area (TPSA) is 80.0 Å². The largest absolute Gasteiger partial charge is 0.382 e. The van der Waals surface area contributed by atoms with E-state index in [1.165, 1.54) is 11.3 Å². The van der Waals surface area contributed by atoms with Crippen LogP contribution in [0.1, 0.15) is 23.0 Å². The number of nitrogens with zero attached hydrogens (tertiary/aromatic N) is 1. The Kier molecular flexibility index (Phi) is 4.11. The fourth-order valence-corrected chi connectivity index (χ4v) is 3.63. The van der Waals surface area contributed by atoms with Crippen LogP contribution in [0.2, 0.25) is 0 Å². The van der Waals surface area contributed by atoms with Gasteiger partial charge in [-0.2, -0.15) is 11.8 Å². The smallest absolute Gasteiger partial charge is 0.265 e. The van der Waals surface area contributed by atoms with E-state index >= 15 is 0 Å². The minimum Gasteiger partial charge on any atom is -0.382 e. The molecule has 2 heterocycles. The Morgan fingerprint density at radius 3 is 3.12 bits per heavy atom. The number of hydrogen-bond donors (Lipinski definition) is 3. The highest BCUT2D eigenvalue weighted by Gasteiger charge is 2.21. The number of amides is 1. The Morgan fingerprint density at radius 2 is 2.47 bits per heavy atom. The van der Waals surface area contributed by atoms with Crippen LogP contribution in [0.15, 0.2) is 0 Å². The number of nitrogens with two attached hydrogens (primary N) is 1. The van der Waals surface area contributed by atoms with Crippen molar-refractivity contribution in [3.05, 3.63) is 4.88 Å². The molecule has 1 atom stereocenters. The summed E-state index contributed by atoms with van der Waals surface area (Å²) in [5.41, 5.74) is 5.74. The Balaban J connectivity index is 2.02. The standard InChI is InChI=1S/C10H16N4OS2/c1-2-12-10-14-8(11)7(17-10)9(15)13-6-3-4-16-5-6/h6H,2-5,11H2,1H3,(H,12,14)(H,13,15). The van der Waals surface area contributed by atoms with Gasteiger partial charge in [0.2, 0.25) is 0 Å². The van der Waals surface area contributed by atoms with Gasteiger partial charge in [-0.25, -0.2) is 4.98 Å². The molecule has 94 valence electrons. The van der Waals surface area contributed by atoms with Crippen LogP contribution in [-0.4, -0.2) is 35.0 Å². The number of nitrogens with one attached hydrogen (secondary N) is 2. The monoisotopic (exact) mass is 272 g/mol. The van der Waals surface area contributed by atoms with Crippen LogP contribution in [-0.2, 0) is 0 Å². The van der Waals surface area contributed by atoms with Gasteiger partial charge < -0.3 is 16.4 Å². The first-order valence-electron chi connectivity index (χ1n) is 5.59. The van der Waals surface area contributed by atoms with E-state index in [4.69, 9.17) is 5.73 Å². The number of rotatable bonds is 4. The fraction of sp³-hybridized carbons (Fsp3) is 0.600. The lowest BCUT2D eigenvalue weighted by Gasteiger charge is -2.09. The minimum atomic E-state index is -0.100. The summed E-state index contributed by atoms with van der Waals surface area (Å²) >= 11 is 3.18. The van der Waals surface area contributed by atoms with Crippen LogP contribution in [0.25, 0.3) is 0 Å². The molecule has 0 spiro atoms. The van der Waals surface area contributed by atoms with Gasteiger partial charge in [-0.05, 0) is 19.1 Å². The lowest BCUT2D eigenvalue weighted by Crippen LogP contribution is -2.34. The molecule has 1 aliphatic heterocycles. The van der Waals surface area contributed by atoms with Gasteiger partial charge in [0.15, 0.2) is 5.13 Å². The molecule has 1 amide bonds. The average Bonchev–Trinajstić information content (AvgIpc) is 2.88. The predicted molar refractivity (Wildman–Crippen MR) is 73.9 cm³/mol. The zero-order chi connectivity index (χ0) is 12.3. The number of carbonyl (C=O) groups excluding carboxylic acids is 1. The third-order valence-electron chi connectivity index (χ3n) is 2.45. The summed E-state index contributed by atoms with van der Waals surface area (Å²) in [5, 5.41) is 6.76. The normalized spacial score (nSPS) is 19.2. The highest BCUT2D eigenvalue weighted by atomic mass is 32.2. The van der Waals surface area contributed by atoms with Crippen LogP contribution in [0.3, 0.4) is 0 Å². The van der Waals surface area contributed by atoms with Crippen molar-refractivity contribution in [1.29, 1.82) is 0 Å². The fourth-order valence-electron chi connectivity index (χ4n) is 1.62. The lowest BCUT2D eigenvalue weighted by molar-refractivity contribution is 0.0946. The summed E-state index contributed by atoms with van der Waals surface area (Å²) in [6.07, 6.45) is 1.04. The molecule has 1 aromatic heterocycles. The highest BCUT2D eigenvalue weighted by molar-refractivity contribution is 7.99. The SMILES string of the molecule is CCNc1nc(N)c(C(=O)NC2CCSC2)s1. The van der Waals surface area contributed by atoms with E-state index in [1.54, 1.807) is 0 Å². The predicted octanol–water partition coefficient (Wildman–Crippen LogP) is 1.39. The number of carbonyl (C=O) groups is 1. The van der Waals surface area contributed by atoms with Gasteiger partial charge >= 0.3 is 0 Å². The van der Waals surface area contributed by atoms with Crippen molar-refractivity contribution in [2.45, 2.75) is 19.4 Å². The second-order valence-electron chi connectivity index (χ2n) is 3.80. The van der Waals surface area contributed by atoms with Gasteiger partial charge in [-0.3, -0.25) is 4.79 Å². The molecule has 0 aromatic carbocycles. The summed E-state index contributed by atoms with van der Waals surface area (Å²) in [5.74, 6) is 2.32. The third kappa shape index (κ3) is 3.04. The maximum absolute atomic E-state index is 12.0. The molecule has 1 aromatic rings. The Bertz CT molecular complexity index is 401. The molecule has 2 rings (SSSR count). The first-order chi connectivity index (χ1) is 8.20. The van der Waals surface area contributed by atoms with E-state index in [0.29, 0.717) is 15.8 Å². The van der Waals surface area contributed by atoms with Crippen molar-refractivity contribution >= 4 is 40.0 Å². The third-order valence-corrected chi connectivity index (χ3v) is 4.64. The molecule has 1 saturated heterocycles. The first-order valence-corrected chi connectivity index (χ1v) is 7.56. The van der Waals surface area contributed by atoms with Crippen molar-refractivity contribution in [3.8, 4) is 0 Å². The zero-order valence-electron chi connectivity index (χ0n) is 9.66. The van der Waals surface area contributed by atoms with Gasteiger partial charge in [-0.1, -0.05) is 11.3 Å². The quantitative estimate of drug-likeness (QED) is 0.772. The van der Waals surface area contributed by atoms with Gasteiger partial charge in [0.1, 0.15) is 10.7 Å². The molecule has 7 heteroatoms. The first kappa shape index (κ1) is 12.5. The van der Waals surface area contributed by atoms with Crippen molar-refractivity contribution in [3.63, 3.8) is 0 Å². The van der Waals surface area contributed by atoms with E-state index < -0.39 is 0 Å². The summed E-state index contributed by atoms with van der Waals surface area (Å²) in [6.45, 7) is 2.75. The number of anilines is 2. The molecule has 17 heavy (non-hydrogen) atoms. The summed E-state index contributed by atoms with van der Waals surface area (Å²) in [4.78, 5) is 16.6. The average molecular weight is 272 g/mol. The summed E-state index contributed by atoms with van der Waals surface area (Å²) < 4.78 is 0. The van der Waals surface area contributed by atoms with Crippen molar-refractivity contribution in [2.24, 2.45) is 0 Å². The Hall–Kier alpha value is -0.950. The van der Waals surface area contributed by atoms with Crippen LogP contribution >= 0.6 is 23.1 Å². The molecule has 0 saturated carbocycles. The van der Waals surface area contributed by atoms with Crippen LogP contribution in [0.5, 0.6) is 0 Å². The van der Waals surface area contributed by atoms with Crippen LogP contribution < -0.4 is 16.4 Å². The van der Waals surface area contributed by atoms with Crippen LogP contribution in [0.4, 0.5) is 10.9 Å². The molecular weight excluding hydrogens is 256 g/mol. The highest BCUT2D eigenvalue weighted by Crippen LogP contribution is 2.25. The second kappa shape index (κ2) is 5.59. The molecule has 0 bridgehead atoms. The van der Waals surface area contributed by atoms with E-state index in [1.807, 2.05) is 18.7 Å². The number of aromatic nitrogens is 1. The molecule has 1 unspecified atom stereocenters. The van der Waals surface area contributed by atoms with Crippen molar-refractivity contribution < 1.29 is 4.79 Å². The molecule has 1 aliphatic rings. The van der Waals surface area contributed by atoms with E-state index in [9.17, 15) is 4.79 Å². The van der Waals surface area contributed by atoms with Gasteiger partial charge in [0, 0.05) is 18.3 Å². The molecule has 1 fully saturated rings. The molecular formula is C10H16N4OS2. The van der Waals surface area contributed by atoms with E-state index in [-0.39, 0.29) is 11.9 Å². The number of thioether (sulfide) groups is 1. The molecule has 0 aliphatic carbocycles. The molecule has 4 N–H and O–H groups in total. The lowest BCUT2D eigenvalue weighted by atomic mass is 10.2. The Labute approximate surface area is 109 Å². The number of thiazole rings is 1. The summed E-state index contributed by atoms with van der Waals surface area (Å²) in [6, 6.07) is 0.275. The Morgan fingerprint density at radius 1 is 1.65 bits per heavy atom. The summed E-state index contributed by atoms with van der Waals surface area (Å²) in [7, 11) is 0. The number of nitrogen functional groups attached to an aromatic ring is 1.